The molecule has 0 aliphatic heterocycles. The van der Waals surface area contributed by atoms with E-state index in [4.69, 9.17) is 5.73 Å². The SMILES string of the molecule is CC(N)[SH-]S(=O)(=O)[O-].[Na+].[Na+]. The molecule has 1 atom stereocenters. The van der Waals surface area contributed by atoms with Crippen molar-refractivity contribution in [2.75, 3.05) is 0 Å². The Morgan fingerprint density at radius 3 is 1.80 bits per heavy atom. The number of thiol groups is 1. The predicted octanol–water partition coefficient (Wildman–Crippen LogP) is -7.43. The Morgan fingerprint density at radius 2 is 1.80 bits per heavy atom. The van der Waals surface area contributed by atoms with Crippen LogP contribution in [0.15, 0.2) is 0 Å². The molecule has 0 rings (SSSR count). The largest absolute Gasteiger partial charge is 1.00 e. The molecule has 0 aromatic rings. The van der Waals surface area contributed by atoms with Crippen LogP contribution in [-0.4, -0.2) is 18.3 Å². The van der Waals surface area contributed by atoms with E-state index in [-0.39, 0.29) is 69.9 Å². The molecule has 0 saturated carbocycles. The van der Waals surface area contributed by atoms with Crippen molar-refractivity contribution in [1.82, 2.24) is 0 Å². The van der Waals surface area contributed by atoms with Gasteiger partial charge in [0.1, 0.15) is 0 Å². The molecular weight excluding hydrogens is 196 g/mol. The van der Waals surface area contributed by atoms with Gasteiger partial charge in [-0.1, -0.05) is 12.3 Å². The van der Waals surface area contributed by atoms with Crippen LogP contribution in [0.5, 0.6) is 0 Å². The molecule has 1 unspecified atom stereocenters. The summed E-state index contributed by atoms with van der Waals surface area (Å²) in [6, 6.07) is 0. The number of hydrogen-bond donors (Lipinski definition) is 1. The van der Waals surface area contributed by atoms with Gasteiger partial charge in [-0.15, -0.1) is 0 Å². The summed E-state index contributed by atoms with van der Waals surface area (Å²) in [6.45, 7) is 1.46. The number of hydrogen-bond acceptors (Lipinski definition) is 5. The third-order valence-electron chi connectivity index (χ3n) is 0.295. The van der Waals surface area contributed by atoms with Crippen molar-refractivity contribution in [2.24, 2.45) is 5.73 Å². The molecule has 0 spiro atoms. The van der Waals surface area contributed by atoms with Gasteiger partial charge in [0.15, 0.2) is 0 Å². The summed E-state index contributed by atoms with van der Waals surface area (Å²) >= 11 is 0. The first-order chi connectivity index (χ1) is 3.42. The van der Waals surface area contributed by atoms with Crippen molar-refractivity contribution in [3.8, 4) is 0 Å². The average Bonchev–Trinajstić information content (AvgIpc) is 1.21. The fourth-order valence-electron chi connectivity index (χ4n) is 0.204. The molecule has 0 saturated heterocycles. The Balaban J connectivity index is -0.000000245. The number of rotatable bonds is 2. The van der Waals surface area contributed by atoms with Crippen molar-refractivity contribution in [1.29, 1.82) is 0 Å². The third kappa shape index (κ3) is 16.7. The quantitative estimate of drug-likeness (QED) is 0.159. The second-order valence-electron chi connectivity index (χ2n) is 1.27. The molecule has 2 N–H and O–H groups in total. The van der Waals surface area contributed by atoms with Crippen LogP contribution in [0.4, 0.5) is 0 Å². The zero-order valence-corrected chi connectivity index (χ0v) is 11.9. The smallest absolute Gasteiger partial charge is 0.766 e. The molecule has 52 valence electrons. The van der Waals surface area contributed by atoms with E-state index in [9.17, 15) is 13.0 Å². The van der Waals surface area contributed by atoms with Crippen LogP contribution in [0.2, 0.25) is 0 Å². The van der Waals surface area contributed by atoms with E-state index >= 15 is 0 Å². The standard InChI is InChI=1S/C2H8NO3S2.2Na/c1-2(3)7-8(4,5)6;;/h2,7H,3H2,1H3,(H,4,5,6);;/q-1;2*+1/p-1. The molecule has 0 aliphatic rings. The summed E-state index contributed by atoms with van der Waals surface area (Å²) in [4.78, 5) is 0. The molecule has 0 heterocycles. The molecule has 0 radical (unpaired) electrons. The molecule has 10 heavy (non-hydrogen) atoms. The van der Waals surface area contributed by atoms with Crippen molar-refractivity contribution in [2.45, 2.75) is 12.3 Å². The van der Waals surface area contributed by atoms with E-state index in [1.807, 2.05) is 0 Å². The Bertz CT molecular complexity index is 156. The maximum Gasteiger partial charge on any atom is 1.00 e. The molecule has 0 aliphatic carbocycles. The van der Waals surface area contributed by atoms with E-state index in [1.165, 1.54) is 6.92 Å². The fourth-order valence-corrected chi connectivity index (χ4v) is 1.83. The van der Waals surface area contributed by atoms with Crippen LogP contribution in [0.1, 0.15) is 6.92 Å². The molecule has 0 amide bonds. The minimum Gasteiger partial charge on any atom is -0.766 e. The van der Waals surface area contributed by atoms with Gasteiger partial charge in [0.05, 0.1) is 0 Å². The topological polar surface area (TPSA) is 83.2 Å². The minimum atomic E-state index is -4.13. The first-order valence-corrected chi connectivity index (χ1v) is 4.83. The molecule has 0 fully saturated rings. The molecule has 0 aromatic carbocycles. The van der Waals surface area contributed by atoms with Gasteiger partial charge in [0.2, 0.25) is 0 Å². The maximum absolute atomic E-state index is 9.79. The minimum absolute atomic E-state index is 0. The van der Waals surface area contributed by atoms with Crippen molar-refractivity contribution < 1.29 is 72.1 Å². The van der Waals surface area contributed by atoms with E-state index in [0.717, 1.165) is 0 Å². The summed E-state index contributed by atoms with van der Waals surface area (Å²) in [5.41, 5.74) is 4.99. The summed E-state index contributed by atoms with van der Waals surface area (Å²) in [5.74, 6) is 0. The van der Waals surface area contributed by atoms with Gasteiger partial charge in [0, 0.05) is 9.15 Å². The summed E-state index contributed by atoms with van der Waals surface area (Å²) in [5, 5.41) is -0.586. The number of nitrogens with two attached hydrogens (primary N) is 1. The van der Waals surface area contributed by atoms with Gasteiger partial charge in [-0.05, 0) is 0 Å². The first kappa shape index (κ1) is 18.1. The zero-order chi connectivity index (χ0) is 6.78. The second-order valence-corrected chi connectivity index (χ2v) is 5.13. The Kier molecular flexibility index (Phi) is 14.2. The molecule has 0 aromatic heterocycles. The third-order valence-corrected chi connectivity index (χ3v) is 2.66. The van der Waals surface area contributed by atoms with E-state index in [2.05, 4.69) is 0 Å². The second kappa shape index (κ2) is 7.85. The van der Waals surface area contributed by atoms with Gasteiger partial charge in [-0.3, -0.25) is 8.42 Å². The summed E-state index contributed by atoms with van der Waals surface area (Å²) in [7, 11) is -4.38. The van der Waals surface area contributed by atoms with Gasteiger partial charge in [-0.25, -0.2) is 0 Å². The Morgan fingerprint density at radius 1 is 1.50 bits per heavy atom. The maximum atomic E-state index is 9.79. The van der Waals surface area contributed by atoms with Crippen molar-refractivity contribution in [3.05, 3.63) is 0 Å². The normalized spacial score (nSPS) is 13.1. The molecular formula is C2H7NNa2O3S2. The molecule has 8 heteroatoms. The Hall–Kier alpha value is 2.22. The summed E-state index contributed by atoms with van der Waals surface area (Å²) < 4.78 is 29.4. The van der Waals surface area contributed by atoms with Gasteiger partial charge in [0.25, 0.3) is 0 Å². The van der Waals surface area contributed by atoms with Gasteiger partial charge >= 0.3 is 59.1 Å². The Labute approximate surface area is 108 Å². The zero-order valence-electron chi connectivity index (χ0n) is 6.23. The monoisotopic (exact) mass is 203 g/mol. The molecule has 0 bridgehead atoms. The van der Waals surface area contributed by atoms with Crippen LogP contribution < -0.4 is 64.8 Å². The molecule has 4 nitrogen and oxygen atoms in total. The summed E-state index contributed by atoms with van der Waals surface area (Å²) in [6.07, 6.45) is 0. The van der Waals surface area contributed by atoms with Crippen LogP contribution in [0, 0.1) is 0 Å². The predicted molar refractivity (Wildman–Crippen MR) is 32.1 cm³/mol. The van der Waals surface area contributed by atoms with Crippen LogP contribution >= 0.6 is 0 Å². The van der Waals surface area contributed by atoms with E-state index < -0.39 is 14.5 Å². The average molecular weight is 203 g/mol. The van der Waals surface area contributed by atoms with Gasteiger partial charge in [-0.2, -0.15) is 0 Å². The van der Waals surface area contributed by atoms with Crippen LogP contribution in [0.25, 0.3) is 0 Å². The van der Waals surface area contributed by atoms with Crippen LogP contribution in [0.3, 0.4) is 0 Å². The van der Waals surface area contributed by atoms with Crippen LogP contribution in [-0.2, 0) is 19.9 Å². The van der Waals surface area contributed by atoms with Crippen molar-refractivity contribution in [3.63, 3.8) is 0 Å². The van der Waals surface area contributed by atoms with E-state index in [0.29, 0.717) is 0 Å². The van der Waals surface area contributed by atoms with E-state index in [1.54, 1.807) is 0 Å². The van der Waals surface area contributed by atoms with Gasteiger partial charge < -0.3 is 21.1 Å². The fraction of sp³-hybridized carbons (Fsp3) is 1.00. The van der Waals surface area contributed by atoms with Crippen molar-refractivity contribution >= 4 is 19.9 Å². The first-order valence-electron chi connectivity index (χ1n) is 1.85.